The van der Waals surface area contributed by atoms with E-state index < -0.39 is 5.97 Å². The second-order valence-corrected chi connectivity index (χ2v) is 8.47. The maximum absolute atomic E-state index is 12.9. The molecule has 2 heterocycles. The Labute approximate surface area is 185 Å². The van der Waals surface area contributed by atoms with E-state index in [1.54, 1.807) is 0 Å². The molecule has 0 radical (unpaired) electrons. The second kappa shape index (κ2) is 8.89. The SMILES string of the molecule is COC(=O)c1c(CSc2nnc(C(C)C)n2C)nc2ccccc2c1-c1ccccc1. The van der Waals surface area contributed by atoms with Crippen LogP contribution in [0.3, 0.4) is 0 Å². The topological polar surface area (TPSA) is 69.9 Å². The van der Waals surface area contributed by atoms with Crippen LogP contribution in [0.2, 0.25) is 0 Å². The zero-order valence-corrected chi connectivity index (χ0v) is 18.8. The van der Waals surface area contributed by atoms with Gasteiger partial charge in [0.15, 0.2) is 5.16 Å². The van der Waals surface area contributed by atoms with E-state index in [4.69, 9.17) is 9.72 Å². The van der Waals surface area contributed by atoms with Crippen molar-refractivity contribution in [3.8, 4) is 11.1 Å². The first-order valence-corrected chi connectivity index (χ1v) is 11.1. The average molecular weight is 433 g/mol. The number of methoxy groups -OCH3 is 1. The number of hydrogen-bond acceptors (Lipinski definition) is 6. The summed E-state index contributed by atoms with van der Waals surface area (Å²) in [5.74, 6) is 1.28. The minimum absolute atomic E-state index is 0.279. The molecular weight excluding hydrogens is 408 g/mol. The minimum Gasteiger partial charge on any atom is -0.465 e. The lowest BCUT2D eigenvalue weighted by Gasteiger charge is -2.16. The van der Waals surface area contributed by atoms with Crippen molar-refractivity contribution in [2.45, 2.75) is 30.7 Å². The van der Waals surface area contributed by atoms with E-state index in [0.717, 1.165) is 33.0 Å². The summed E-state index contributed by atoms with van der Waals surface area (Å²) in [6.45, 7) is 4.18. The van der Waals surface area contributed by atoms with E-state index in [1.807, 2.05) is 66.2 Å². The largest absolute Gasteiger partial charge is 0.465 e. The molecule has 0 saturated carbocycles. The summed E-state index contributed by atoms with van der Waals surface area (Å²) in [6, 6.07) is 17.8. The van der Waals surface area contributed by atoms with E-state index in [0.29, 0.717) is 17.0 Å². The number of pyridine rings is 1. The number of ether oxygens (including phenoxy) is 1. The summed E-state index contributed by atoms with van der Waals surface area (Å²) >= 11 is 1.51. The predicted molar refractivity (Wildman–Crippen MR) is 123 cm³/mol. The molecule has 0 N–H and O–H groups in total. The zero-order chi connectivity index (χ0) is 22.0. The van der Waals surface area contributed by atoms with Crippen molar-refractivity contribution < 1.29 is 9.53 Å². The number of benzene rings is 2. The Morgan fingerprint density at radius 2 is 1.77 bits per heavy atom. The predicted octanol–water partition coefficient (Wildman–Crippen LogP) is 5.23. The molecule has 0 bridgehead atoms. The number of aromatic nitrogens is 4. The summed E-state index contributed by atoms with van der Waals surface area (Å²) < 4.78 is 7.17. The fourth-order valence-corrected chi connectivity index (χ4v) is 4.54. The first-order valence-electron chi connectivity index (χ1n) is 10.1. The van der Waals surface area contributed by atoms with Crippen LogP contribution in [0.25, 0.3) is 22.0 Å². The molecule has 158 valence electrons. The number of esters is 1. The Bertz CT molecular complexity index is 1240. The Hall–Kier alpha value is -3.19. The van der Waals surface area contributed by atoms with E-state index in [2.05, 4.69) is 24.0 Å². The molecule has 0 aliphatic carbocycles. The van der Waals surface area contributed by atoms with Gasteiger partial charge in [-0.25, -0.2) is 4.79 Å². The van der Waals surface area contributed by atoms with Crippen LogP contribution in [-0.4, -0.2) is 32.8 Å². The number of carbonyl (C=O) groups is 1. The molecule has 6 nitrogen and oxygen atoms in total. The number of nitrogens with zero attached hydrogens (tertiary/aromatic N) is 4. The van der Waals surface area contributed by atoms with E-state index in [1.165, 1.54) is 18.9 Å². The Morgan fingerprint density at radius 1 is 1.06 bits per heavy atom. The molecule has 4 aromatic rings. The van der Waals surface area contributed by atoms with Crippen LogP contribution in [0, 0.1) is 0 Å². The third-order valence-electron chi connectivity index (χ3n) is 5.14. The quantitative estimate of drug-likeness (QED) is 0.307. The fraction of sp³-hybridized carbons (Fsp3) is 0.250. The van der Waals surface area contributed by atoms with Gasteiger partial charge in [-0.2, -0.15) is 0 Å². The molecule has 0 unspecified atom stereocenters. The summed E-state index contributed by atoms with van der Waals surface area (Å²) in [7, 11) is 3.36. The molecule has 4 rings (SSSR count). The smallest absolute Gasteiger partial charge is 0.340 e. The highest BCUT2D eigenvalue weighted by molar-refractivity contribution is 7.98. The van der Waals surface area contributed by atoms with Crippen LogP contribution in [0.15, 0.2) is 59.8 Å². The van der Waals surface area contributed by atoms with Gasteiger partial charge in [0, 0.05) is 29.7 Å². The monoisotopic (exact) mass is 432 g/mol. The van der Waals surface area contributed by atoms with E-state index >= 15 is 0 Å². The van der Waals surface area contributed by atoms with E-state index in [-0.39, 0.29) is 5.92 Å². The van der Waals surface area contributed by atoms with Gasteiger partial charge < -0.3 is 9.30 Å². The molecule has 0 amide bonds. The van der Waals surface area contributed by atoms with Gasteiger partial charge in [-0.3, -0.25) is 4.98 Å². The number of fused-ring (bicyclic) bond motifs is 1. The van der Waals surface area contributed by atoms with Crippen LogP contribution in [0.5, 0.6) is 0 Å². The summed E-state index contributed by atoms with van der Waals surface area (Å²) in [6.07, 6.45) is 0. The van der Waals surface area contributed by atoms with Gasteiger partial charge in [-0.05, 0) is 11.6 Å². The Morgan fingerprint density at radius 3 is 2.45 bits per heavy atom. The molecule has 31 heavy (non-hydrogen) atoms. The third-order valence-corrected chi connectivity index (χ3v) is 6.17. The highest BCUT2D eigenvalue weighted by Gasteiger charge is 2.23. The molecule has 0 aliphatic heterocycles. The summed E-state index contributed by atoms with van der Waals surface area (Å²) in [4.78, 5) is 17.8. The van der Waals surface area contributed by atoms with Crippen molar-refractivity contribution in [3.05, 3.63) is 71.7 Å². The molecule has 2 aromatic carbocycles. The molecule has 7 heteroatoms. The van der Waals surface area contributed by atoms with Crippen LogP contribution in [0.1, 0.15) is 41.6 Å². The minimum atomic E-state index is -0.395. The van der Waals surface area contributed by atoms with Crippen LogP contribution in [0.4, 0.5) is 0 Å². The first-order chi connectivity index (χ1) is 15.0. The van der Waals surface area contributed by atoms with Crippen LogP contribution >= 0.6 is 11.8 Å². The lowest BCUT2D eigenvalue weighted by atomic mass is 9.94. The average Bonchev–Trinajstić information content (AvgIpc) is 3.17. The molecule has 0 fully saturated rings. The highest BCUT2D eigenvalue weighted by atomic mass is 32.2. The lowest BCUT2D eigenvalue weighted by molar-refractivity contribution is 0.0600. The van der Waals surface area contributed by atoms with Crippen LogP contribution in [-0.2, 0) is 17.5 Å². The Balaban J connectivity index is 1.86. The molecular formula is C24H24N4O2S. The third kappa shape index (κ3) is 4.05. The van der Waals surface area contributed by atoms with Gasteiger partial charge in [0.1, 0.15) is 5.82 Å². The maximum Gasteiger partial charge on any atom is 0.340 e. The molecule has 0 spiro atoms. The van der Waals surface area contributed by atoms with Gasteiger partial charge >= 0.3 is 5.97 Å². The zero-order valence-electron chi connectivity index (χ0n) is 18.0. The van der Waals surface area contributed by atoms with Crippen molar-refractivity contribution >= 4 is 28.6 Å². The maximum atomic E-state index is 12.9. The summed E-state index contributed by atoms with van der Waals surface area (Å²) in [5, 5.41) is 10.3. The second-order valence-electron chi connectivity index (χ2n) is 7.53. The lowest BCUT2D eigenvalue weighted by Crippen LogP contribution is -2.10. The number of thioether (sulfide) groups is 1. The first kappa shape index (κ1) is 21.1. The van der Waals surface area contributed by atoms with Crippen molar-refractivity contribution in [1.82, 2.24) is 19.7 Å². The number of carbonyl (C=O) groups excluding carboxylic acids is 1. The standard InChI is InChI=1S/C24H24N4O2S/c1-15(2)22-26-27-24(28(22)3)31-14-19-21(23(29)30-4)20(16-10-6-5-7-11-16)17-12-8-9-13-18(17)25-19/h5-13,15H,14H2,1-4H3. The summed E-state index contributed by atoms with van der Waals surface area (Å²) in [5.41, 5.74) is 3.79. The highest BCUT2D eigenvalue weighted by Crippen LogP contribution is 2.35. The van der Waals surface area contributed by atoms with Crippen LogP contribution < -0.4 is 0 Å². The number of hydrogen-bond donors (Lipinski definition) is 0. The van der Waals surface area contributed by atoms with Gasteiger partial charge in [0.05, 0.1) is 23.9 Å². The number of para-hydroxylation sites is 1. The molecule has 2 aromatic heterocycles. The molecule has 0 aliphatic rings. The van der Waals surface area contributed by atoms with Crippen molar-refractivity contribution in [2.24, 2.45) is 7.05 Å². The molecule has 0 saturated heterocycles. The fourth-order valence-electron chi connectivity index (χ4n) is 3.68. The molecule has 0 atom stereocenters. The normalized spacial score (nSPS) is 11.3. The van der Waals surface area contributed by atoms with E-state index in [9.17, 15) is 4.79 Å². The van der Waals surface area contributed by atoms with Crippen molar-refractivity contribution in [3.63, 3.8) is 0 Å². The van der Waals surface area contributed by atoms with Gasteiger partial charge in [-0.15, -0.1) is 10.2 Å². The van der Waals surface area contributed by atoms with Crippen molar-refractivity contribution in [1.29, 1.82) is 0 Å². The van der Waals surface area contributed by atoms with Crippen molar-refractivity contribution in [2.75, 3.05) is 7.11 Å². The van der Waals surface area contributed by atoms with Gasteiger partial charge in [0.2, 0.25) is 0 Å². The van der Waals surface area contributed by atoms with Gasteiger partial charge in [-0.1, -0.05) is 74.1 Å². The number of rotatable bonds is 6. The van der Waals surface area contributed by atoms with Gasteiger partial charge in [0.25, 0.3) is 0 Å². The Kier molecular flexibility index (Phi) is 6.04.